The van der Waals surface area contributed by atoms with Crippen molar-refractivity contribution >= 4 is 29.2 Å². The molecule has 3 aliphatic heterocycles. The maximum atomic E-state index is 13.8. The average molecular weight is 612 g/mol. The summed E-state index contributed by atoms with van der Waals surface area (Å²) in [6, 6.07) is 15.0. The number of carboxylic acids is 1. The van der Waals surface area contributed by atoms with E-state index in [1.807, 2.05) is 48.2 Å². The lowest BCUT2D eigenvalue weighted by molar-refractivity contribution is -0.143. The largest absolute Gasteiger partial charge is 0.481 e. The number of ether oxygens (including phenoxy) is 2. The third kappa shape index (κ3) is 5.77. The van der Waals surface area contributed by atoms with Gasteiger partial charge in [-0.3, -0.25) is 19.3 Å². The summed E-state index contributed by atoms with van der Waals surface area (Å²) in [5.74, 6) is -0.944. The number of carboxylic acid groups (broad SMARTS) is 1. The molecule has 3 heterocycles. The van der Waals surface area contributed by atoms with Gasteiger partial charge in [-0.1, -0.05) is 49.7 Å². The van der Waals surface area contributed by atoms with E-state index in [2.05, 4.69) is 38.2 Å². The molecule has 3 aromatic carbocycles. The molecule has 0 bridgehead atoms. The predicted octanol–water partition coefficient (Wildman–Crippen LogP) is 5.76. The van der Waals surface area contributed by atoms with Gasteiger partial charge in [-0.2, -0.15) is 0 Å². The molecular weight excluding hydrogens is 570 g/mol. The molecule has 0 spiro atoms. The Bertz CT molecular complexity index is 1610. The number of aliphatic carboxylic acids is 1. The summed E-state index contributed by atoms with van der Waals surface area (Å²) in [5, 5.41) is 13.9. The van der Waals surface area contributed by atoms with Gasteiger partial charge in [-0.15, -0.1) is 0 Å². The molecule has 236 valence electrons. The number of hydrogen-bond donors (Lipinski definition) is 2. The molecule has 0 radical (unpaired) electrons. The zero-order chi connectivity index (χ0) is 31.8. The van der Waals surface area contributed by atoms with E-state index in [4.69, 9.17) is 9.47 Å². The Balaban J connectivity index is 1.36. The van der Waals surface area contributed by atoms with Gasteiger partial charge in [0.1, 0.15) is 0 Å². The molecule has 2 N–H and O–H groups in total. The minimum absolute atomic E-state index is 0.0289. The first-order valence-electron chi connectivity index (χ1n) is 15.9. The number of hydrogen-bond acceptors (Lipinski definition) is 6. The van der Waals surface area contributed by atoms with Gasteiger partial charge in [0.2, 0.25) is 18.6 Å². The maximum Gasteiger partial charge on any atom is 0.309 e. The molecule has 0 aromatic heterocycles. The molecular formula is C36H41N3O6. The highest BCUT2D eigenvalue weighted by atomic mass is 16.7. The van der Waals surface area contributed by atoms with Crippen LogP contribution in [0, 0.1) is 19.8 Å². The van der Waals surface area contributed by atoms with Crippen molar-refractivity contribution in [2.24, 2.45) is 5.92 Å². The number of carbonyl (C=O) groups is 3. The molecule has 3 atom stereocenters. The van der Waals surface area contributed by atoms with Crippen molar-refractivity contribution in [3.63, 3.8) is 0 Å². The fourth-order valence-electron chi connectivity index (χ4n) is 7.43. The Hall–Kier alpha value is -4.37. The van der Waals surface area contributed by atoms with E-state index in [0.717, 1.165) is 64.0 Å². The van der Waals surface area contributed by atoms with Crippen LogP contribution in [0.4, 0.5) is 11.4 Å². The van der Waals surface area contributed by atoms with E-state index in [1.54, 1.807) is 4.90 Å². The number of rotatable bonds is 9. The lowest BCUT2D eigenvalue weighted by Crippen LogP contribution is -2.35. The van der Waals surface area contributed by atoms with Crippen LogP contribution in [-0.2, 0) is 27.2 Å². The van der Waals surface area contributed by atoms with Crippen molar-refractivity contribution in [2.45, 2.75) is 65.3 Å². The summed E-state index contributed by atoms with van der Waals surface area (Å²) in [4.78, 5) is 43.1. The van der Waals surface area contributed by atoms with Crippen molar-refractivity contribution in [3.8, 4) is 11.5 Å². The lowest BCUT2D eigenvalue weighted by atomic mass is 9.81. The van der Waals surface area contributed by atoms with Crippen molar-refractivity contribution in [1.82, 2.24) is 4.90 Å². The Morgan fingerprint density at radius 3 is 2.33 bits per heavy atom. The maximum absolute atomic E-state index is 13.8. The van der Waals surface area contributed by atoms with E-state index in [9.17, 15) is 19.5 Å². The van der Waals surface area contributed by atoms with E-state index >= 15 is 0 Å². The third-order valence-electron chi connectivity index (χ3n) is 9.55. The smallest absolute Gasteiger partial charge is 0.309 e. The van der Waals surface area contributed by atoms with Gasteiger partial charge in [0.15, 0.2) is 11.5 Å². The molecule has 9 nitrogen and oxygen atoms in total. The molecule has 0 saturated carbocycles. The summed E-state index contributed by atoms with van der Waals surface area (Å²) >= 11 is 0. The van der Waals surface area contributed by atoms with Gasteiger partial charge in [0.05, 0.1) is 12.5 Å². The Labute approximate surface area is 264 Å². The van der Waals surface area contributed by atoms with Crippen LogP contribution in [-0.4, -0.2) is 54.2 Å². The van der Waals surface area contributed by atoms with Crippen LogP contribution in [0.5, 0.6) is 11.5 Å². The van der Waals surface area contributed by atoms with Gasteiger partial charge in [-0.05, 0) is 79.1 Å². The Kier molecular flexibility index (Phi) is 8.55. The second-order valence-electron chi connectivity index (χ2n) is 12.3. The van der Waals surface area contributed by atoms with E-state index in [1.165, 1.54) is 0 Å². The molecule has 3 aliphatic rings. The fraction of sp³-hybridized carbons (Fsp3) is 0.417. The number of anilines is 2. The minimum atomic E-state index is -0.927. The molecule has 1 unspecified atom stereocenters. The Morgan fingerprint density at radius 1 is 1.00 bits per heavy atom. The van der Waals surface area contributed by atoms with E-state index in [-0.39, 0.29) is 25.2 Å². The second-order valence-corrected chi connectivity index (χ2v) is 12.3. The van der Waals surface area contributed by atoms with Gasteiger partial charge in [0, 0.05) is 42.8 Å². The van der Waals surface area contributed by atoms with Crippen LogP contribution in [0.15, 0.2) is 48.5 Å². The van der Waals surface area contributed by atoms with Gasteiger partial charge in [0.25, 0.3) is 0 Å². The highest BCUT2D eigenvalue weighted by Gasteiger charge is 2.48. The lowest BCUT2D eigenvalue weighted by Gasteiger charge is -2.28. The van der Waals surface area contributed by atoms with Gasteiger partial charge in [-0.25, -0.2) is 0 Å². The van der Waals surface area contributed by atoms with Crippen LogP contribution in [0.25, 0.3) is 0 Å². The molecule has 9 heteroatoms. The average Bonchev–Trinajstić information content (AvgIpc) is 3.77. The van der Waals surface area contributed by atoms with E-state index in [0.29, 0.717) is 31.0 Å². The van der Waals surface area contributed by atoms with Crippen LogP contribution < -0.4 is 19.7 Å². The summed E-state index contributed by atoms with van der Waals surface area (Å²) in [6.07, 6.45) is 2.93. The first kappa shape index (κ1) is 30.6. The molecule has 3 aromatic rings. The topological polar surface area (TPSA) is 108 Å². The highest BCUT2D eigenvalue weighted by Crippen LogP contribution is 2.49. The molecule has 0 aliphatic carbocycles. The summed E-state index contributed by atoms with van der Waals surface area (Å²) in [6.45, 7) is 9.36. The van der Waals surface area contributed by atoms with Crippen molar-refractivity contribution in [3.05, 3.63) is 81.9 Å². The van der Waals surface area contributed by atoms with E-state index < -0.39 is 23.8 Å². The number of carbonyl (C=O) groups excluding carboxylic acids is 2. The first-order chi connectivity index (χ1) is 21.7. The number of nitrogens with zero attached hydrogens (tertiary/aromatic N) is 2. The van der Waals surface area contributed by atoms with Crippen molar-refractivity contribution in [2.75, 3.05) is 36.6 Å². The van der Waals surface area contributed by atoms with Crippen LogP contribution in [0.2, 0.25) is 0 Å². The molecule has 2 saturated heterocycles. The van der Waals surface area contributed by atoms with Crippen LogP contribution in [0.3, 0.4) is 0 Å². The number of amides is 2. The SMILES string of the molecule is CCc1cc(C)cc(CC)c1NC(=O)CN1C[C@H](c2ccc3c(c2C)OCO3)C(C(=O)O)[C@@H]1c1ccc(N2CCCC2=O)cc1. The third-order valence-corrected chi connectivity index (χ3v) is 9.55. The van der Waals surface area contributed by atoms with Gasteiger partial charge < -0.3 is 24.8 Å². The van der Waals surface area contributed by atoms with Gasteiger partial charge >= 0.3 is 5.97 Å². The van der Waals surface area contributed by atoms with Crippen LogP contribution >= 0.6 is 0 Å². The van der Waals surface area contributed by atoms with Crippen molar-refractivity contribution < 1.29 is 29.0 Å². The second kappa shape index (κ2) is 12.6. The summed E-state index contributed by atoms with van der Waals surface area (Å²) in [5.41, 5.74) is 7.51. The number of nitrogens with one attached hydrogen (secondary N) is 1. The monoisotopic (exact) mass is 611 g/mol. The highest BCUT2D eigenvalue weighted by molar-refractivity contribution is 5.95. The molecule has 45 heavy (non-hydrogen) atoms. The number of likely N-dealkylation sites (tertiary alicyclic amines) is 1. The first-order valence-corrected chi connectivity index (χ1v) is 15.9. The molecule has 2 amide bonds. The predicted molar refractivity (Wildman–Crippen MR) is 172 cm³/mol. The zero-order valence-corrected chi connectivity index (χ0v) is 26.4. The number of benzene rings is 3. The number of aryl methyl sites for hydroxylation is 3. The zero-order valence-electron chi connectivity index (χ0n) is 26.4. The quantitative estimate of drug-likeness (QED) is 0.317. The fourth-order valence-corrected chi connectivity index (χ4v) is 7.43. The standard InChI is InChI=1S/C36H41N3O6/c1-5-23-16-21(3)17-24(6-2)33(23)37-30(40)19-38-18-28(27-13-14-29-35(22(27)4)45-20-44-29)32(36(42)43)34(38)25-9-11-26(12-10-25)39-15-7-8-31(39)41/h9-14,16-17,28,32,34H,5-8,15,18-20H2,1-4H3,(H,37,40)(H,42,43)/t28-,32?,34+/m1/s1. The normalized spacial score (nSPS) is 21.0. The summed E-state index contributed by atoms with van der Waals surface area (Å²) in [7, 11) is 0. The van der Waals surface area contributed by atoms with Crippen molar-refractivity contribution in [1.29, 1.82) is 0 Å². The summed E-state index contributed by atoms with van der Waals surface area (Å²) < 4.78 is 11.3. The number of fused-ring (bicyclic) bond motifs is 1. The Morgan fingerprint density at radius 2 is 1.71 bits per heavy atom. The molecule has 6 rings (SSSR count). The minimum Gasteiger partial charge on any atom is -0.481 e. The van der Waals surface area contributed by atoms with Crippen LogP contribution in [0.1, 0.15) is 72.0 Å². The molecule has 2 fully saturated rings.